The summed E-state index contributed by atoms with van der Waals surface area (Å²) < 4.78 is 1.90. The standard InChI is InChI=1S/C20H24ClN5S/c1-27-20-24-18(23-15-10-6-3-7-11-15)16-12-22-26(19(16)25-20)13-17(21)14-8-4-2-5-9-14/h2,4-5,8-9,12,15,17H,3,6-7,10-11,13H2,1H3,(H,23,24,25). The number of nitrogens with zero attached hydrogens (tertiary/aromatic N) is 4. The lowest BCUT2D eigenvalue weighted by molar-refractivity contribution is 0.462. The minimum Gasteiger partial charge on any atom is -0.367 e. The molecular weight excluding hydrogens is 378 g/mol. The largest absolute Gasteiger partial charge is 0.367 e. The van der Waals surface area contributed by atoms with E-state index in [1.165, 1.54) is 32.1 Å². The van der Waals surface area contributed by atoms with Crippen LogP contribution < -0.4 is 5.32 Å². The van der Waals surface area contributed by atoms with Crippen molar-refractivity contribution in [3.63, 3.8) is 0 Å². The summed E-state index contributed by atoms with van der Waals surface area (Å²) in [7, 11) is 0. The van der Waals surface area contributed by atoms with Gasteiger partial charge in [-0.2, -0.15) is 5.10 Å². The molecule has 1 saturated carbocycles. The number of fused-ring (bicyclic) bond motifs is 1. The zero-order chi connectivity index (χ0) is 18.6. The molecule has 3 aromatic rings. The molecule has 0 spiro atoms. The number of alkyl halides is 1. The number of hydrogen-bond acceptors (Lipinski definition) is 5. The fourth-order valence-corrected chi connectivity index (χ4v) is 4.27. The maximum atomic E-state index is 6.64. The van der Waals surface area contributed by atoms with E-state index in [0.717, 1.165) is 27.6 Å². The Bertz CT molecular complexity index is 892. The third-order valence-corrected chi connectivity index (χ3v) is 6.04. The highest BCUT2D eigenvalue weighted by molar-refractivity contribution is 7.98. The SMILES string of the molecule is CSc1nc(NC2CCCCC2)c2cnn(CC(Cl)c3ccccc3)c2n1. The highest BCUT2D eigenvalue weighted by atomic mass is 35.5. The highest BCUT2D eigenvalue weighted by Gasteiger charge is 2.19. The molecule has 1 aromatic carbocycles. The predicted octanol–water partition coefficient (Wildman–Crippen LogP) is 5.27. The van der Waals surface area contributed by atoms with Crippen LogP contribution in [0.1, 0.15) is 43.0 Å². The third-order valence-electron chi connectivity index (χ3n) is 5.10. The molecule has 4 rings (SSSR count). The molecule has 142 valence electrons. The lowest BCUT2D eigenvalue weighted by Gasteiger charge is -2.23. The fourth-order valence-electron chi connectivity index (χ4n) is 3.63. The second-order valence-electron chi connectivity index (χ2n) is 6.98. The van der Waals surface area contributed by atoms with Crippen LogP contribution in [-0.4, -0.2) is 32.0 Å². The zero-order valence-electron chi connectivity index (χ0n) is 15.4. The van der Waals surface area contributed by atoms with Gasteiger partial charge in [-0.1, -0.05) is 61.4 Å². The summed E-state index contributed by atoms with van der Waals surface area (Å²) in [6.07, 6.45) is 10.2. The molecule has 1 atom stereocenters. The van der Waals surface area contributed by atoms with Crippen LogP contribution in [0.4, 0.5) is 5.82 Å². The van der Waals surface area contributed by atoms with E-state index in [1.54, 1.807) is 11.8 Å². The van der Waals surface area contributed by atoms with Gasteiger partial charge in [0.05, 0.1) is 23.5 Å². The molecule has 1 fully saturated rings. The average Bonchev–Trinajstić information content (AvgIpc) is 3.12. The van der Waals surface area contributed by atoms with Gasteiger partial charge in [0.15, 0.2) is 10.8 Å². The minimum atomic E-state index is -0.156. The van der Waals surface area contributed by atoms with Crippen LogP contribution in [0, 0.1) is 0 Å². The van der Waals surface area contributed by atoms with Gasteiger partial charge in [0.1, 0.15) is 5.82 Å². The summed E-state index contributed by atoms with van der Waals surface area (Å²) in [6, 6.07) is 10.6. The van der Waals surface area contributed by atoms with Crippen LogP contribution in [0.5, 0.6) is 0 Å². The Morgan fingerprint density at radius 3 is 2.70 bits per heavy atom. The summed E-state index contributed by atoms with van der Waals surface area (Å²) in [5, 5.41) is 9.79. The Hall–Kier alpha value is -1.79. The molecular formula is C20H24ClN5S. The van der Waals surface area contributed by atoms with Crippen molar-refractivity contribution < 1.29 is 0 Å². The van der Waals surface area contributed by atoms with Gasteiger partial charge in [-0.3, -0.25) is 0 Å². The van der Waals surface area contributed by atoms with Crippen LogP contribution in [0.15, 0.2) is 41.7 Å². The second kappa shape index (κ2) is 8.48. The van der Waals surface area contributed by atoms with Gasteiger partial charge < -0.3 is 5.32 Å². The lowest BCUT2D eigenvalue weighted by atomic mass is 9.95. The smallest absolute Gasteiger partial charge is 0.191 e. The van der Waals surface area contributed by atoms with Crippen molar-refractivity contribution in [2.75, 3.05) is 11.6 Å². The fraction of sp³-hybridized carbons (Fsp3) is 0.450. The van der Waals surface area contributed by atoms with Crippen LogP contribution in [0.2, 0.25) is 0 Å². The third kappa shape index (κ3) is 4.22. The number of nitrogens with one attached hydrogen (secondary N) is 1. The van der Waals surface area contributed by atoms with E-state index in [9.17, 15) is 0 Å². The average molecular weight is 402 g/mol. The van der Waals surface area contributed by atoms with E-state index >= 15 is 0 Å². The van der Waals surface area contributed by atoms with Crippen molar-refractivity contribution in [3.05, 3.63) is 42.1 Å². The number of halogens is 1. The topological polar surface area (TPSA) is 55.6 Å². The van der Waals surface area contributed by atoms with Gasteiger partial charge in [-0.05, 0) is 24.7 Å². The molecule has 1 unspecified atom stereocenters. The van der Waals surface area contributed by atoms with Gasteiger partial charge in [0.2, 0.25) is 0 Å². The van der Waals surface area contributed by atoms with Gasteiger partial charge in [-0.15, -0.1) is 11.6 Å². The van der Waals surface area contributed by atoms with Crippen molar-refractivity contribution in [2.24, 2.45) is 0 Å². The highest BCUT2D eigenvalue weighted by Crippen LogP contribution is 2.29. The first-order chi connectivity index (χ1) is 13.2. The molecule has 0 amide bonds. The summed E-state index contributed by atoms with van der Waals surface area (Å²) in [5.74, 6) is 0.897. The number of hydrogen-bond donors (Lipinski definition) is 1. The molecule has 7 heteroatoms. The Kier molecular flexibility index (Phi) is 5.83. The monoisotopic (exact) mass is 401 g/mol. The van der Waals surface area contributed by atoms with Crippen molar-refractivity contribution in [3.8, 4) is 0 Å². The number of rotatable bonds is 6. The summed E-state index contributed by atoms with van der Waals surface area (Å²) in [5.41, 5.74) is 1.93. The van der Waals surface area contributed by atoms with E-state index in [-0.39, 0.29) is 5.38 Å². The van der Waals surface area contributed by atoms with E-state index < -0.39 is 0 Å². The van der Waals surface area contributed by atoms with E-state index in [2.05, 4.69) is 10.4 Å². The minimum absolute atomic E-state index is 0.156. The molecule has 0 bridgehead atoms. The molecule has 0 saturated heterocycles. The number of anilines is 1. The van der Waals surface area contributed by atoms with E-state index in [4.69, 9.17) is 21.6 Å². The van der Waals surface area contributed by atoms with E-state index in [1.807, 2.05) is 47.5 Å². The van der Waals surface area contributed by atoms with Crippen molar-refractivity contribution in [2.45, 2.75) is 55.2 Å². The van der Waals surface area contributed by atoms with Gasteiger partial charge >= 0.3 is 0 Å². The van der Waals surface area contributed by atoms with Crippen LogP contribution in [0.25, 0.3) is 11.0 Å². The molecule has 0 aliphatic heterocycles. The first kappa shape index (κ1) is 18.6. The quantitative estimate of drug-likeness (QED) is 0.346. The predicted molar refractivity (Wildman–Crippen MR) is 113 cm³/mol. The number of aromatic nitrogens is 4. The van der Waals surface area contributed by atoms with E-state index in [0.29, 0.717) is 12.6 Å². The van der Waals surface area contributed by atoms with Gasteiger partial charge in [0, 0.05) is 6.04 Å². The van der Waals surface area contributed by atoms with Crippen molar-refractivity contribution in [1.29, 1.82) is 0 Å². The Morgan fingerprint density at radius 1 is 1.19 bits per heavy atom. The normalized spacial score (nSPS) is 16.5. The summed E-state index contributed by atoms with van der Waals surface area (Å²) in [6.45, 7) is 0.572. The maximum Gasteiger partial charge on any atom is 0.191 e. The Morgan fingerprint density at radius 2 is 1.96 bits per heavy atom. The summed E-state index contributed by atoms with van der Waals surface area (Å²) in [4.78, 5) is 9.43. The summed E-state index contributed by atoms with van der Waals surface area (Å²) >= 11 is 8.19. The number of benzene rings is 1. The molecule has 27 heavy (non-hydrogen) atoms. The molecule has 1 N–H and O–H groups in total. The Labute approximate surface area is 168 Å². The van der Waals surface area contributed by atoms with Gasteiger partial charge in [0.25, 0.3) is 0 Å². The molecule has 2 heterocycles. The molecule has 1 aliphatic rings. The lowest BCUT2D eigenvalue weighted by Crippen LogP contribution is -2.23. The van der Waals surface area contributed by atoms with Crippen LogP contribution in [0.3, 0.4) is 0 Å². The van der Waals surface area contributed by atoms with Crippen LogP contribution in [-0.2, 0) is 6.54 Å². The molecule has 0 radical (unpaired) electrons. The molecule has 2 aromatic heterocycles. The number of thioether (sulfide) groups is 1. The second-order valence-corrected chi connectivity index (χ2v) is 8.28. The van der Waals surface area contributed by atoms with Crippen molar-refractivity contribution in [1.82, 2.24) is 19.7 Å². The van der Waals surface area contributed by atoms with Crippen LogP contribution >= 0.6 is 23.4 Å². The molecule has 5 nitrogen and oxygen atoms in total. The first-order valence-corrected chi connectivity index (χ1v) is 11.1. The van der Waals surface area contributed by atoms with Gasteiger partial charge in [-0.25, -0.2) is 14.6 Å². The van der Waals surface area contributed by atoms with Crippen molar-refractivity contribution >= 4 is 40.2 Å². The first-order valence-electron chi connectivity index (χ1n) is 9.47. The maximum absolute atomic E-state index is 6.64. The Balaban J connectivity index is 1.63. The molecule has 1 aliphatic carbocycles. The zero-order valence-corrected chi connectivity index (χ0v) is 17.0.